The molecule has 4 aromatic rings. The second-order valence-corrected chi connectivity index (χ2v) is 7.41. The highest BCUT2D eigenvalue weighted by molar-refractivity contribution is 7.13. The number of thiazole rings is 1. The highest BCUT2D eigenvalue weighted by Gasteiger charge is 2.21. The highest BCUT2D eigenvalue weighted by Crippen LogP contribution is 2.24. The van der Waals surface area contributed by atoms with Crippen LogP contribution in [0.25, 0.3) is 16.3 Å². The van der Waals surface area contributed by atoms with Gasteiger partial charge in [0.25, 0.3) is 0 Å². The molecular formula is C20H18FN5O2S. The predicted octanol–water partition coefficient (Wildman–Crippen LogP) is 3.84. The monoisotopic (exact) mass is 411 g/mol. The number of carbonyl (C=O) groups excluding carboxylic acids is 1. The normalized spacial score (nSPS) is 11.0. The van der Waals surface area contributed by atoms with Crippen LogP contribution >= 0.6 is 11.3 Å². The van der Waals surface area contributed by atoms with Gasteiger partial charge in [0, 0.05) is 24.2 Å². The molecule has 7 nitrogen and oxygen atoms in total. The fourth-order valence-electron chi connectivity index (χ4n) is 3.02. The average molecular weight is 411 g/mol. The molecule has 0 aliphatic carbocycles. The Morgan fingerprint density at radius 1 is 1.24 bits per heavy atom. The second-order valence-electron chi connectivity index (χ2n) is 6.56. The zero-order valence-corrected chi connectivity index (χ0v) is 16.9. The van der Waals surface area contributed by atoms with Crippen LogP contribution in [-0.4, -0.2) is 30.5 Å². The molecule has 3 heterocycles. The minimum Gasteiger partial charge on any atom is -0.455 e. The smallest absolute Gasteiger partial charge is 0.342 e. The van der Waals surface area contributed by atoms with Crippen molar-refractivity contribution in [2.75, 3.05) is 0 Å². The number of nitrogens with zero attached hydrogens (tertiary/aromatic N) is 5. The van der Waals surface area contributed by atoms with Crippen LogP contribution in [0.4, 0.5) is 4.39 Å². The highest BCUT2D eigenvalue weighted by atomic mass is 32.1. The molecule has 4 rings (SSSR count). The Balaban J connectivity index is 1.49. The van der Waals surface area contributed by atoms with Crippen molar-refractivity contribution in [1.82, 2.24) is 24.5 Å². The molecule has 0 saturated carbocycles. The van der Waals surface area contributed by atoms with E-state index in [1.807, 2.05) is 18.6 Å². The number of aromatic nitrogens is 5. The van der Waals surface area contributed by atoms with Crippen LogP contribution in [0.15, 0.2) is 42.0 Å². The van der Waals surface area contributed by atoms with Gasteiger partial charge in [0.15, 0.2) is 0 Å². The third kappa shape index (κ3) is 3.81. The van der Waals surface area contributed by atoms with E-state index in [0.717, 1.165) is 10.6 Å². The van der Waals surface area contributed by atoms with E-state index in [9.17, 15) is 9.18 Å². The van der Waals surface area contributed by atoms with Gasteiger partial charge in [-0.25, -0.2) is 18.9 Å². The zero-order chi connectivity index (χ0) is 20.5. The lowest BCUT2D eigenvalue weighted by atomic mass is 10.2. The molecule has 0 N–H and O–H groups in total. The van der Waals surface area contributed by atoms with E-state index in [1.54, 1.807) is 41.5 Å². The zero-order valence-electron chi connectivity index (χ0n) is 16.1. The molecule has 9 heteroatoms. The molecule has 0 spiro atoms. The van der Waals surface area contributed by atoms with Crippen molar-refractivity contribution in [3.63, 3.8) is 0 Å². The molecule has 0 fully saturated rings. The van der Waals surface area contributed by atoms with Crippen molar-refractivity contribution in [3.8, 4) is 16.3 Å². The van der Waals surface area contributed by atoms with Gasteiger partial charge >= 0.3 is 5.97 Å². The van der Waals surface area contributed by atoms with E-state index < -0.39 is 5.97 Å². The number of benzene rings is 1. The summed E-state index contributed by atoms with van der Waals surface area (Å²) < 4.78 is 22.0. The topological polar surface area (TPSA) is 74.8 Å². The molecule has 29 heavy (non-hydrogen) atoms. The maximum Gasteiger partial charge on any atom is 0.342 e. The molecule has 0 radical (unpaired) electrons. The quantitative estimate of drug-likeness (QED) is 0.467. The fraction of sp³-hybridized carbons (Fsp3) is 0.200. The minimum absolute atomic E-state index is 0.0657. The molecule has 0 unspecified atom stereocenters. The Labute approximate surface area is 170 Å². The lowest BCUT2D eigenvalue weighted by Gasteiger charge is -2.06. The Morgan fingerprint density at radius 3 is 2.69 bits per heavy atom. The molecule has 0 aliphatic rings. The summed E-state index contributed by atoms with van der Waals surface area (Å²) >= 11 is 1.47. The summed E-state index contributed by atoms with van der Waals surface area (Å²) in [6, 6.07) is 5.93. The van der Waals surface area contributed by atoms with Gasteiger partial charge in [-0.2, -0.15) is 10.2 Å². The van der Waals surface area contributed by atoms with Gasteiger partial charge in [-0.05, 0) is 38.1 Å². The summed E-state index contributed by atoms with van der Waals surface area (Å²) in [5.74, 6) is -0.798. The summed E-state index contributed by atoms with van der Waals surface area (Å²) in [5.41, 5.74) is 3.84. The van der Waals surface area contributed by atoms with Gasteiger partial charge in [0.1, 0.15) is 23.0 Å². The molecule has 0 aliphatic heterocycles. The third-order valence-electron chi connectivity index (χ3n) is 4.42. The van der Waals surface area contributed by atoms with Crippen LogP contribution in [0.3, 0.4) is 0 Å². The van der Waals surface area contributed by atoms with E-state index in [1.165, 1.54) is 23.5 Å². The van der Waals surface area contributed by atoms with Gasteiger partial charge in [-0.15, -0.1) is 11.3 Å². The Bertz CT molecular complexity index is 1180. The summed E-state index contributed by atoms with van der Waals surface area (Å²) in [5, 5.41) is 11.2. The second kappa shape index (κ2) is 7.59. The molecule has 0 amide bonds. The van der Waals surface area contributed by atoms with Gasteiger partial charge < -0.3 is 4.74 Å². The van der Waals surface area contributed by atoms with E-state index >= 15 is 0 Å². The molecule has 0 saturated heterocycles. The summed E-state index contributed by atoms with van der Waals surface area (Å²) in [6.45, 7) is 3.59. The largest absolute Gasteiger partial charge is 0.455 e. The third-order valence-corrected chi connectivity index (χ3v) is 5.36. The van der Waals surface area contributed by atoms with Crippen LogP contribution in [0, 0.1) is 19.7 Å². The van der Waals surface area contributed by atoms with Crippen molar-refractivity contribution in [3.05, 3.63) is 70.5 Å². The van der Waals surface area contributed by atoms with Gasteiger partial charge in [-0.1, -0.05) is 0 Å². The first-order valence-electron chi connectivity index (χ1n) is 8.85. The number of rotatable bonds is 5. The number of aryl methyl sites for hydroxylation is 2. The first-order valence-corrected chi connectivity index (χ1v) is 9.73. The number of halogens is 1. The minimum atomic E-state index is -0.468. The molecule has 3 aromatic heterocycles. The van der Waals surface area contributed by atoms with Gasteiger partial charge in [-0.3, -0.25) is 4.68 Å². The lowest BCUT2D eigenvalue weighted by molar-refractivity contribution is 0.0466. The van der Waals surface area contributed by atoms with Crippen LogP contribution in [-0.2, 0) is 18.4 Å². The summed E-state index contributed by atoms with van der Waals surface area (Å²) in [4.78, 5) is 17.2. The first kappa shape index (κ1) is 19.0. The van der Waals surface area contributed by atoms with E-state index in [4.69, 9.17) is 4.74 Å². The van der Waals surface area contributed by atoms with Gasteiger partial charge in [0.2, 0.25) is 0 Å². The predicted molar refractivity (Wildman–Crippen MR) is 106 cm³/mol. The number of ether oxygens (including phenoxy) is 1. The van der Waals surface area contributed by atoms with Crippen LogP contribution in [0.2, 0.25) is 0 Å². The summed E-state index contributed by atoms with van der Waals surface area (Å²) in [7, 11) is 1.84. The number of hydrogen-bond acceptors (Lipinski definition) is 6. The first-order chi connectivity index (χ1) is 13.9. The molecule has 148 valence electrons. The standard InChI is InChI=1S/C20H18FN5O2S/c1-12-18(13(2)26(24-12)17-6-4-15(21)5-7-17)20(27)28-10-16-11-29-19(23-16)14-8-22-25(3)9-14/h4-9,11H,10H2,1-3H3. The molecular weight excluding hydrogens is 393 g/mol. The lowest BCUT2D eigenvalue weighted by Crippen LogP contribution is -2.08. The Kier molecular flexibility index (Phi) is 4.98. The number of esters is 1. The number of carbonyl (C=O) groups is 1. The van der Waals surface area contributed by atoms with Crippen LogP contribution < -0.4 is 0 Å². The number of hydrogen-bond donors (Lipinski definition) is 0. The van der Waals surface area contributed by atoms with E-state index in [-0.39, 0.29) is 12.4 Å². The fourth-order valence-corrected chi connectivity index (χ4v) is 3.80. The van der Waals surface area contributed by atoms with Crippen LogP contribution in [0.5, 0.6) is 0 Å². The Morgan fingerprint density at radius 2 is 2.00 bits per heavy atom. The van der Waals surface area contributed by atoms with Crippen molar-refractivity contribution in [1.29, 1.82) is 0 Å². The van der Waals surface area contributed by atoms with Crippen molar-refractivity contribution >= 4 is 17.3 Å². The average Bonchev–Trinajstić information content (AvgIpc) is 3.40. The molecule has 0 bridgehead atoms. The van der Waals surface area contributed by atoms with Crippen molar-refractivity contribution in [2.24, 2.45) is 7.05 Å². The SMILES string of the molecule is Cc1nn(-c2ccc(F)cc2)c(C)c1C(=O)OCc1csc(-c2cnn(C)c2)n1. The van der Waals surface area contributed by atoms with E-state index in [2.05, 4.69) is 15.2 Å². The summed E-state index contributed by atoms with van der Waals surface area (Å²) in [6.07, 6.45) is 3.62. The maximum atomic E-state index is 13.2. The van der Waals surface area contributed by atoms with E-state index in [0.29, 0.717) is 28.3 Å². The van der Waals surface area contributed by atoms with Gasteiger partial charge in [0.05, 0.1) is 29.0 Å². The van der Waals surface area contributed by atoms with Crippen LogP contribution in [0.1, 0.15) is 27.4 Å². The molecule has 1 aromatic carbocycles. The Hall–Kier alpha value is -3.33. The van der Waals surface area contributed by atoms with Crippen molar-refractivity contribution in [2.45, 2.75) is 20.5 Å². The maximum absolute atomic E-state index is 13.2. The van der Waals surface area contributed by atoms with Crippen molar-refractivity contribution < 1.29 is 13.9 Å². The molecule has 0 atom stereocenters.